The van der Waals surface area contributed by atoms with E-state index in [1.807, 2.05) is 0 Å². The van der Waals surface area contributed by atoms with Crippen molar-refractivity contribution in [3.05, 3.63) is 35.4 Å². The van der Waals surface area contributed by atoms with Crippen LogP contribution >= 0.6 is 0 Å². The van der Waals surface area contributed by atoms with Crippen LogP contribution in [-0.2, 0) is 6.54 Å². The minimum absolute atomic E-state index is 0.988. The lowest BCUT2D eigenvalue weighted by Gasteiger charge is -2.09. The highest BCUT2D eigenvalue weighted by molar-refractivity contribution is 6.83. The molecule has 16 heavy (non-hydrogen) atoms. The fourth-order valence-electron chi connectivity index (χ4n) is 1.32. The second-order valence-electron chi connectivity index (χ2n) is 5.43. The Bertz CT molecular complexity index is 387. The molecule has 2 heteroatoms. The third-order valence-electron chi connectivity index (χ3n) is 2.03. The van der Waals surface area contributed by atoms with Crippen molar-refractivity contribution in [3.63, 3.8) is 0 Å². The van der Waals surface area contributed by atoms with Gasteiger partial charge >= 0.3 is 0 Å². The molecule has 0 aromatic heterocycles. The molecular weight excluding hydrogens is 210 g/mol. The average molecular weight is 231 g/mol. The zero-order chi connectivity index (χ0) is 12.2. The fourth-order valence-corrected chi connectivity index (χ4v) is 1.84. The van der Waals surface area contributed by atoms with Gasteiger partial charge in [-0.05, 0) is 31.8 Å². The summed E-state index contributed by atoms with van der Waals surface area (Å²) in [4.78, 5) is 2.17. The van der Waals surface area contributed by atoms with E-state index in [1.165, 1.54) is 5.56 Å². The maximum absolute atomic E-state index is 3.38. The van der Waals surface area contributed by atoms with Crippen LogP contribution in [0.25, 0.3) is 0 Å². The molecule has 0 aliphatic rings. The summed E-state index contributed by atoms with van der Waals surface area (Å²) in [6.45, 7) is 7.78. The van der Waals surface area contributed by atoms with Gasteiger partial charge < -0.3 is 4.90 Å². The van der Waals surface area contributed by atoms with Crippen molar-refractivity contribution >= 4 is 8.07 Å². The van der Waals surface area contributed by atoms with Crippen LogP contribution in [0.5, 0.6) is 0 Å². The molecule has 0 radical (unpaired) electrons. The van der Waals surface area contributed by atoms with Crippen LogP contribution in [0.3, 0.4) is 0 Å². The third kappa shape index (κ3) is 5.15. The maximum atomic E-state index is 3.38. The van der Waals surface area contributed by atoms with E-state index in [4.69, 9.17) is 0 Å². The summed E-state index contributed by atoms with van der Waals surface area (Å²) in [5.41, 5.74) is 5.84. The van der Waals surface area contributed by atoms with Crippen molar-refractivity contribution in [2.45, 2.75) is 26.2 Å². The summed E-state index contributed by atoms with van der Waals surface area (Å²) in [7, 11) is 2.92. The molecule has 0 N–H and O–H groups in total. The van der Waals surface area contributed by atoms with Crippen LogP contribution in [0, 0.1) is 11.5 Å². The van der Waals surface area contributed by atoms with Crippen LogP contribution in [0.4, 0.5) is 0 Å². The van der Waals surface area contributed by atoms with Crippen LogP contribution < -0.4 is 0 Å². The lowest BCUT2D eigenvalue weighted by Crippen LogP contribution is -2.16. The number of nitrogens with zero attached hydrogens (tertiary/aromatic N) is 1. The molecule has 0 amide bonds. The summed E-state index contributed by atoms with van der Waals surface area (Å²) in [6.07, 6.45) is 0. The van der Waals surface area contributed by atoms with E-state index in [0.29, 0.717) is 0 Å². The summed E-state index contributed by atoms with van der Waals surface area (Å²) in [5, 5.41) is 0. The molecule has 0 bridgehead atoms. The molecule has 0 unspecified atom stereocenters. The lowest BCUT2D eigenvalue weighted by atomic mass is 10.1. The van der Waals surface area contributed by atoms with Crippen LogP contribution in [0.15, 0.2) is 24.3 Å². The van der Waals surface area contributed by atoms with E-state index in [1.54, 1.807) is 0 Å². The summed E-state index contributed by atoms with van der Waals surface area (Å²) >= 11 is 0. The predicted molar refractivity (Wildman–Crippen MR) is 74.1 cm³/mol. The van der Waals surface area contributed by atoms with Gasteiger partial charge in [-0.2, -0.15) is 0 Å². The zero-order valence-corrected chi connectivity index (χ0v) is 12.0. The highest BCUT2D eigenvalue weighted by atomic mass is 28.3. The van der Waals surface area contributed by atoms with Gasteiger partial charge in [0.1, 0.15) is 8.07 Å². The van der Waals surface area contributed by atoms with Gasteiger partial charge in [-0.15, -0.1) is 5.54 Å². The summed E-state index contributed by atoms with van der Waals surface area (Å²) in [6, 6.07) is 8.56. The van der Waals surface area contributed by atoms with Crippen LogP contribution in [-0.4, -0.2) is 27.1 Å². The minimum atomic E-state index is -1.25. The van der Waals surface area contributed by atoms with Crippen molar-refractivity contribution in [3.8, 4) is 11.5 Å². The van der Waals surface area contributed by atoms with E-state index in [2.05, 4.69) is 74.4 Å². The van der Waals surface area contributed by atoms with E-state index < -0.39 is 8.07 Å². The fraction of sp³-hybridized carbons (Fsp3) is 0.429. The first-order valence-electron chi connectivity index (χ1n) is 5.64. The largest absolute Gasteiger partial charge is 0.305 e. The normalized spacial score (nSPS) is 11.1. The van der Waals surface area contributed by atoms with Gasteiger partial charge in [0.05, 0.1) is 0 Å². The average Bonchev–Trinajstić information content (AvgIpc) is 2.14. The first-order chi connectivity index (χ1) is 7.37. The van der Waals surface area contributed by atoms with Crippen LogP contribution in [0.2, 0.25) is 19.6 Å². The SMILES string of the molecule is CN(C)Cc1ccc(C#C[Si](C)(C)C)cc1. The van der Waals surface area contributed by atoms with Crippen molar-refractivity contribution in [2.75, 3.05) is 14.1 Å². The van der Waals surface area contributed by atoms with Crippen molar-refractivity contribution in [1.82, 2.24) is 4.90 Å². The molecule has 1 nitrogen and oxygen atoms in total. The Morgan fingerprint density at radius 2 is 1.62 bits per heavy atom. The second kappa shape index (κ2) is 5.34. The quantitative estimate of drug-likeness (QED) is 0.559. The Labute approximate surface area is 100 Å². The Morgan fingerprint density at radius 1 is 1.06 bits per heavy atom. The predicted octanol–water partition coefficient (Wildman–Crippen LogP) is 2.98. The molecule has 0 saturated heterocycles. The van der Waals surface area contributed by atoms with E-state index in [-0.39, 0.29) is 0 Å². The second-order valence-corrected chi connectivity index (χ2v) is 10.2. The Balaban J connectivity index is 2.75. The number of benzene rings is 1. The smallest absolute Gasteiger partial charge is 0.129 e. The molecule has 0 fully saturated rings. The number of rotatable bonds is 2. The summed E-state index contributed by atoms with van der Waals surface area (Å²) in [5.74, 6) is 3.26. The Morgan fingerprint density at radius 3 is 2.06 bits per heavy atom. The molecule has 0 aliphatic carbocycles. The summed E-state index contributed by atoms with van der Waals surface area (Å²) < 4.78 is 0. The van der Waals surface area contributed by atoms with E-state index >= 15 is 0 Å². The molecule has 0 aliphatic heterocycles. The van der Waals surface area contributed by atoms with Gasteiger partial charge in [-0.1, -0.05) is 37.7 Å². The van der Waals surface area contributed by atoms with Crippen LogP contribution in [0.1, 0.15) is 11.1 Å². The first kappa shape index (κ1) is 13.0. The molecule has 1 rings (SSSR count). The standard InChI is InChI=1S/C14H21NSi/c1-15(2)12-14-8-6-13(7-9-14)10-11-16(3,4)5/h6-9H,12H2,1-5H3. The molecular formula is C14H21NSi. The molecule has 0 heterocycles. The Hall–Kier alpha value is -1.04. The topological polar surface area (TPSA) is 3.24 Å². The molecule has 0 saturated carbocycles. The molecule has 1 aromatic rings. The van der Waals surface area contributed by atoms with Crippen molar-refractivity contribution in [2.24, 2.45) is 0 Å². The van der Waals surface area contributed by atoms with Gasteiger partial charge in [0.15, 0.2) is 0 Å². The monoisotopic (exact) mass is 231 g/mol. The number of hydrogen-bond donors (Lipinski definition) is 0. The Kier molecular flexibility index (Phi) is 4.34. The van der Waals surface area contributed by atoms with Gasteiger partial charge in [0.25, 0.3) is 0 Å². The van der Waals surface area contributed by atoms with E-state index in [9.17, 15) is 0 Å². The van der Waals surface area contributed by atoms with E-state index in [0.717, 1.165) is 12.1 Å². The van der Waals surface area contributed by atoms with Crippen molar-refractivity contribution < 1.29 is 0 Å². The highest BCUT2D eigenvalue weighted by Crippen LogP contribution is 2.06. The van der Waals surface area contributed by atoms with Gasteiger partial charge in [0, 0.05) is 12.1 Å². The minimum Gasteiger partial charge on any atom is -0.305 e. The highest BCUT2D eigenvalue weighted by Gasteiger charge is 2.07. The molecule has 86 valence electrons. The van der Waals surface area contributed by atoms with Gasteiger partial charge in [-0.3, -0.25) is 0 Å². The van der Waals surface area contributed by atoms with Gasteiger partial charge in [0.2, 0.25) is 0 Å². The third-order valence-corrected chi connectivity index (χ3v) is 2.91. The number of hydrogen-bond acceptors (Lipinski definition) is 1. The lowest BCUT2D eigenvalue weighted by molar-refractivity contribution is 0.402. The first-order valence-corrected chi connectivity index (χ1v) is 9.14. The van der Waals surface area contributed by atoms with Crippen molar-refractivity contribution in [1.29, 1.82) is 0 Å². The molecule has 0 atom stereocenters. The molecule has 0 spiro atoms. The maximum Gasteiger partial charge on any atom is 0.129 e. The molecule has 1 aromatic carbocycles. The zero-order valence-electron chi connectivity index (χ0n) is 11.0. The van der Waals surface area contributed by atoms with Gasteiger partial charge in [-0.25, -0.2) is 0 Å².